The first kappa shape index (κ1) is 16.7. The van der Waals surface area contributed by atoms with E-state index < -0.39 is 0 Å². The molecule has 0 aromatic heterocycles. The Morgan fingerprint density at radius 2 is 2.11 bits per heavy atom. The second-order valence-electron chi connectivity index (χ2n) is 6.15. The lowest BCUT2D eigenvalue weighted by Crippen LogP contribution is -2.54. The predicted octanol–water partition coefficient (Wildman–Crippen LogP) is 2.86. The van der Waals surface area contributed by atoms with Crippen LogP contribution in [-0.4, -0.2) is 31.8 Å². The molecule has 1 aliphatic rings. The van der Waals surface area contributed by atoms with Crippen LogP contribution in [-0.2, 0) is 4.74 Å². The molecular formula is C16H32N2O. The van der Waals surface area contributed by atoms with E-state index in [1.54, 1.807) is 0 Å². The molecule has 3 nitrogen and oxygen atoms in total. The summed E-state index contributed by atoms with van der Waals surface area (Å²) in [4.78, 5) is 0. The van der Waals surface area contributed by atoms with Crippen molar-refractivity contribution < 1.29 is 4.74 Å². The van der Waals surface area contributed by atoms with E-state index in [4.69, 9.17) is 10.5 Å². The molecule has 112 valence electrons. The highest BCUT2D eigenvalue weighted by Crippen LogP contribution is 2.33. The van der Waals surface area contributed by atoms with Gasteiger partial charge >= 0.3 is 0 Å². The van der Waals surface area contributed by atoms with Crippen LogP contribution >= 0.6 is 0 Å². The fraction of sp³-hybridized carbons (Fsp3) is 0.875. The van der Waals surface area contributed by atoms with E-state index in [9.17, 15) is 0 Å². The number of rotatable bonds is 9. The zero-order valence-corrected chi connectivity index (χ0v) is 12.8. The quantitative estimate of drug-likeness (QED) is 0.499. The molecule has 3 N–H and O–H groups in total. The first-order chi connectivity index (χ1) is 9.12. The van der Waals surface area contributed by atoms with E-state index in [0.717, 1.165) is 31.2 Å². The topological polar surface area (TPSA) is 47.3 Å². The normalized spacial score (nSPS) is 27.4. The summed E-state index contributed by atoms with van der Waals surface area (Å²) >= 11 is 0. The molecule has 0 aromatic rings. The van der Waals surface area contributed by atoms with Gasteiger partial charge in [-0.3, -0.25) is 0 Å². The third-order valence-electron chi connectivity index (χ3n) is 4.24. The van der Waals surface area contributed by atoms with Crippen LogP contribution in [0.5, 0.6) is 0 Å². The van der Waals surface area contributed by atoms with Gasteiger partial charge in [0.15, 0.2) is 0 Å². The highest BCUT2D eigenvalue weighted by molar-refractivity contribution is 4.93. The molecule has 0 spiro atoms. The third kappa shape index (κ3) is 6.07. The average Bonchev–Trinajstić information content (AvgIpc) is 2.40. The lowest BCUT2D eigenvalue weighted by atomic mass is 9.75. The van der Waals surface area contributed by atoms with Crippen LogP contribution in [0.25, 0.3) is 0 Å². The van der Waals surface area contributed by atoms with Crippen LogP contribution in [0.4, 0.5) is 0 Å². The number of hydrogen-bond acceptors (Lipinski definition) is 3. The molecular weight excluding hydrogens is 236 g/mol. The Balaban J connectivity index is 2.23. The molecule has 1 fully saturated rings. The van der Waals surface area contributed by atoms with Crippen molar-refractivity contribution >= 4 is 0 Å². The zero-order chi connectivity index (χ0) is 14.1. The summed E-state index contributed by atoms with van der Waals surface area (Å²) in [5.41, 5.74) is 7.24. The highest BCUT2D eigenvalue weighted by Gasteiger charge is 2.33. The molecule has 0 bridgehead atoms. The zero-order valence-electron chi connectivity index (χ0n) is 12.8. The van der Waals surface area contributed by atoms with E-state index in [2.05, 4.69) is 18.8 Å². The summed E-state index contributed by atoms with van der Waals surface area (Å²) in [5.74, 6) is 0.922. The third-order valence-corrected chi connectivity index (χ3v) is 4.24. The molecule has 1 aliphatic carbocycles. The Bertz CT molecular complexity index is 257. The highest BCUT2D eigenvalue weighted by atomic mass is 16.5. The van der Waals surface area contributed by atoms with Crippen LogP contribution in [0, 0.1) is 5.92 Å². The predicted molar refractivity (Wildman–Crippen MR) is 82.3 cm³/mol. The number of hydrogen-bond donors (Lipinski definition) is 2. The van der Waals surface area contributed by atoms with Crippen molar-refractivity contribution in [1.29, 1.82) is 0 Å². The maximum absolute atomic E-state index is 6.00. The van der Waals surface area contributed by atoms with Crippen molar-refractivity contribution in [2.24, 2.45) is 11.7 Å². The number of nitrogens with one attached hydrogen (secondary N) is 1. The van der Waals surface area contributed by atoms with Crippen molar-refractivity contribution in [1.82, 2.24) is 5.32 Å². The Labute approximate surface area is 119 Å². The van der Waals surface area contributed by atoms with E-state index >= 15 is 0 Å². The summed E-state index contributed by atoms with van der Waals surface area (Å²) in [6, 6.07) is 0. The summed E-state index contributed by atoms with van der Waals surface area (Å²) < 4.78 is 5.53. The fourth-order valence-corrected chi connectivity index (χ4v) is 3.01. The molecule has 0 heterocycles. The van der Waals surface area contributed by atoms with E-state index in [1.807, 2.05) is 6.92 Å². The molecule has 1 saturated carbocycles. The van der Waals surface area contributed by atoms with Crippen molar-refractivity contribution in [3.05, 3.63) is 12.2 Å². The van der Waals surface area contributed by atoms with Crippen molar-refractivity contribution in [2.45, 2.75) is 57.9 Å². The van der Waals surface area contributed by atoms with Gasteiger partial charge < -0.3 is 15.8 Å². The monoisotopic (exact) mass is 268 g/mol. The SMILES string of the molecule is C=C(C)COCCNC1(CN)CCC(CCC)CC1. The van der Waals surface area contributed by atoms with Gasteiger partial charge in [-0.2, -0.15) is 0 Å². The van der Waals surface area contributed by atoms with Gasteiger partial charge in [-0.1, -0.05) is 31.9 Å². The summed E-state index contributed by atoms with van der Waals surface area (Å²) in [5, 5.41) is 3.64. The second-order valence-corrected chi connectivity index (χ2v) is 6.15. The smallest absolute Gasteiger partial charge is 0.0672 e. The van der Waals surface area contributed by atoms with Gasteiger partial charge in [0.25, 0.3) is 0 Å². The summed E-state index contributed by atoms with van der Waals surface area (Å²) in [6.45, 7) is 11.1. The number of nitrogens with two attached hydrogens (primary N) is 1. The second kappa shape index (κ2) is 8.72. The Kier molecular flexibility index (Phi) is 7.66. The first-order valence-corrected chi connectivity index (χ1v) is 7.79. The molecule has 0 aromatic carbocycles. The minimum atomic E-state index is 0.164. The van der Waals surface area contributed by atoms with Gasteiger partial charge in [-0.05, 0) is 38.5 Å². The van der Waals surface area contributed by atoms with E-state index in [0.29, 0.717) is 6.61 Å². The molecule has 0 radical (unpaired) electrons. The largest absolute Gasteiger partial charge is 0.376 e. The standard InChI is InChI=1S/C16H32N2O/c1-4-5-15-6-8-16(13-17,9-7-15)18-10-11-19-12-14(2)3/h15,18H,2,4-13,17H2,1,3H3. The molecule has 0 atom stereocenters. The van der Waals surface area contributed by atoms with Crippen LogP contribution < -0.4 is 11.1 Å². The van der Waals surface area contributed by atoms with E-state index in [1.165, 1.54) is 38.5 Å². The van der Waals surface area contributed by atoms with Gasteiger partial charge in [0.1, 0.15) is 0 Å². The van der Waals surface area contributed by atoms with Crippen molar-refractivity contribution in [3.8, 4) is 0 Å². The van der Waals surface area contributed by atoms with Crippen LogP contribution in [0.2, 0.25) is 0 Å². The number of ether oxygens (including phenoxy) is 1. The Morgan fingerprint density at radius 1 is 1.42 bits per heavy atom. The molecule has 0 saturated heterocycles. The lowest BCUT2D eigenvalue weighted by Gasteiger charge is -2.40. The molecule has 0 amide bonds. The molecule has 3 heteroatoms. The van der Waals surface area contributed by atoms with Crippen molar-refractivity contribution in [3.63, 3.8) is 0 Å². The Morgan fingerprint density at radius 3 is 2.63 bits per heavy atom. The minimum Gasteiger partial charge on any atom is -0.376 e. The molecule has 19 heavy (non-hydrogen) atoms. The summed E-state index contributed by atoms with van der Waals surface area (Å²) in [7, 11) is 0. The van der Waals surface area contributed by atoms with Crippen LogP contribution in [0.15, 0.2) is 12.2 Å². The molecule has 0 unspecified atom stereocenters. The maximum Gasteiger partial charge on any atom is 0.0672 e. The first-order valence-electron chi connectivity index (χ1n) is 7.79. The van der Waals surface area contributed by atoms with Gasteiger partial charge in [-0.15, -0.1) is 0 Å². The Hall–Kier alpha value is -0.380. The lowest BCUT2D eigenvalue weighted by molar-refractivity contribution is 0.131. The maximum atomic E-state index is 6.00. The van der Waals surface area contributed by atoms with Crippen LogP contribution in [0.1, 0.15) is 52.4 Å². The van der Waals surface area contributed by atoms with Crippen LogP contribution in [0.3, 0.4) is 0 Å². The van der Waals surface area contributed by atoms with Gasteiger partial charge in [0, 0.05) is 18.6 Å². The molecule has 0 aliphatic heterocycles. The van der Waals surface area contributed by atoms with Gasteiger partial charge in [-0.25, -0.2) is 0 Å². The van der Waals surface area contributed by atoms with E-state index in [-0.39, 0.29) is 5.54 Å². The minimum absolute atomic E-state index is 0.164. The van der Waals surface area contributed by atoms with Gasteiger partial charge in [0.2, 0.25) is 0 Å². The average molecular weight is 268 g/mol. The summed E-state index contributed by atoms with van der Waals surface area (Å²) in [6.07, 6.45) is 7.77. The molecule has 1 rings (SSSR count). The fourth-order valence-electron chi connectivity index (χ4n) is 3.01. The van der Waals surface area contributed by atoms with Crippen molar-refractivity contribution in [2.75, 3.05) is 26.3 Å². The van der Waals surface area contributed by atoms with Gasteiger partial charge in [0.05, 0.1) is 13.2 Å².